The quantitative estimate of drug-likeness (QED) is 0.620. The predicted octanol–water partition coefficient (Wildman–Crippen LogP) is 4.90. The molecule has 27 heavy (non-hydrogen) atoms. The highest BCUT2D eigenvalue weighted by molar-refractivity contribution is 6.31. The molecule has 0 spiro atoms. The van der Waals surface area contributed by atoms with Gasteiger partial charge in [0, 0.05) is 16.1 Å². The van der Waals surface area contributed by atoms with Gasteiger partial charge < -0.3 is 10.1 Å². The van der Waals surface area contributed by atoms with Crippen LogP contribution in [0.1, 0.15) is 21.5 Å². The van der Waals surface area contributed by atoms with Gasteiger partial charge in [0.25, 0.3) is 5.91 Å². The van der Waals surface area contributed by atoms with Crippen molar-refractivity contribution in [2.24, 2.45) is 0 Å². The molecule has 1 N–H and O–H groups in total. The van der Waals surface area contributed by atoms with Gasteiger partial charge >= 0.3 is 0 Å². The van der Waals surface area contributed by atoms with Gasteiger partial charge in [-0.3, -0.25) is 9.59 Å². The molecule has 0 radical (unpaired) electrons. The molecule has 0 aliphatic rings. The summed E-state index contributed by atoms with van der Waals surface area (Å²) in [6.45, 7) is 1.75. The van der Waals surface area contributed by atoms with Crippen molar-refractivity contribution in [1.29, 1.82) is 0 Å². The second-order valence-electron chi connectivity index (χ2n) is 5.99. The normalized spacial score (nSPS) is 10.3. The molecule has 3 aromatic carbocycles. The molecule has 0 heterocycles. The minimum atomic E-state index is -0.359. The van der Waals surface area contributed by atoms with E-state index in [4.69, 9.17) is 16.3 Å². The zero-order valence-corrected chi connectivity index (χ0v) is 15.5. The van der Waals surface area contributed by atoms with E-state index in [2.05, 4.69) is 5.32 Å². The van der Waals surface area contributed by atoms with Crippen molar-refractivity contribution in [3.05, 3.63) is 94.5 Å². The SMILES string of the molecule is Cc1ccccc1OCC(=O)Nc1ccc(Cl)cc1C(=O)c1ccccc1. The lowest BCUT2D eigenvalue weighted by molar-refractivity contribution is -0.118. The van der Waals surface area contributed by atoms with Crippen molar-refractivity contribution >= 4 is 29.0 Å². The monoisotopic (exact) mass is 379 g/mol. The van der Waals surface area contributed by atoms with Crippen LogP contribution in [0.2, 0.25) is 5.02 Å². The van der Waals surface area contributed by atoms with Gasteiger partial charge in [0.2, 0.25) is 0 Å². The van der Waals surface area contributed by atoms with Crippen LogP contribution < -0.4 is 10.1 Å². The van der Waals surface area contributed by atoms with Crippen LogP contribution in [0.15, 0.2) is 72.8 Å². The molecule has 5 heteroatoms. The minimum Gasteiger partial charge on any atom is -0.483 e. The molecular weight excluding hydrogens is 362 g/mol. The van der Waals surface area contributed by atoms with Crippen molar-refractivity contribution < 1.29 is 14.3 Å². The highest BCUT2D eigenvalue weighted by Gasteiger charge is 2.16. The van der Waals surface area contributed by atoms with Crippen molar-refractivity contribution in [2.75, 3.05) is 11.9 Å². The van der Waals surface area contributed by atoms with Gasteiger partial charge in [0.05, 0.1) is 5.69 Å². The Labute approximate surface area is 162 Å². The third-order valence-corrected chi connectivity index (χ3v) is 4.22. The van der Waals surface area contributed by atoms with Gasteiger partial charge in [-0.05, 0) is 36.8 Å². The topological polar surface area (TPSA) is 55.4 Å². The van der Waals surface area contributed by atoms with E-state index in [9.17, 15) is 9.59 Å². The van der Waals surface area contributed by atoms with Crippen LogP contribution >= 0.6 is 11.6 Å². The number of ether oxygens (including phenoxy) is 1. The number of aryl methyl sites for hydroxylation is 1. The van der Waals surface area contributed by atoms with Crippen molar-refractivity contribution in [2.45, 2.75) is 6.92 Å². The van der Waals surface area contributed by atoms with E-state index in [-0.39, 0.29) is 18.3 Å². The number of hydrogen-bond acceptors (Lipinski definition) is 3. The van der Waals surface area contributed by atoms with E-state index in [1.165, 1.54) is 0 Å². The largest absolute Gasteiger partial charge is 0.483 e. The lowest BCUT2D eigenvalue weighted by Gasteiger charge is -2.12. The molecule has 0 aliphatic carbocycles. The standard InChI is InChI=1S/C22H18ClNO3/c1-15-7-5-6-10-20(15)27-14-21(25)24-19-12-11-17(23)13-18(19)22(26)16-8-3-2-4-9-16/h2-13H,14H2,1H3,(H,24,25). The molecule has 136 valence electrons. The molecule has 0 saturated heterocycles. The summed E-state index contributed by atoms with van der Waals surface area (Å²) in [7, 11) is 0. The van der Waals surface area contributed by atoms with Crippen LogP contribution in [0.25, 0.3) is 0 Å². The van der Waals surface area contributed by atoms with Gasteiger partial charge in [0.1, 0.15) is 5.75 Å². The Kier molecular flexibility index (Phi) is 5.89. The molecule has 3 rings (SSSR count). The summed E-state index contributed by atoms with van der Waals surface area (Å²) in [5.41, 5.74) is 2.19. The Balaban J connectivity index is 1.76. The molecule has 0 bridgehead atoms. The van der Waals surface area contributed by atoms with Crippen LogP contribution in [-0.4, -0.2) is 18.3 Å². The molecule has 0 saturated carbocycles. The molecule has 1 amide bonds. The van der Waals surface area contributed by atoms with E-state index >= 15 is 0 Å². The number of para-hydroxylation sites is 1. The molecular formula is C22H18ClNO3. The summed E-state index contributed by atoms with van der Waals surface area (Å²) in [5, 5.41) is 3.15. The lowest BCUT2D eigenvalue weighted by Crippen LogP contribution is -2.22. The summed E-state index contributed by atoms with van der Waals surface area (Å²) in [4.78, 5) is 25.1. The average Bonchev–Trinajstić information content (AvgIpc) is 2.69. The molecule has 0 atom stereocenters. The zero-order chi connectivity index (χ0) is 19.2. The first-order valence-electron chi connectivity index (χ1n) is 8.42. The fraction of sp³-hybridized carbons (Fsp3) is 0.0909. The first kappa shape index (κ1) is 18.7. The Hall–Kier alpha value is -3.11. The number of halogens is 1. The highest BCUT2D eigenvalue weighted by Crippen LogP contribution is 2.24. The second-order valence-corrected chi connectivity index (χ2v) is 6.42. The Morgan fingerprint density at radius 1 is 0.963 bits per heavy atom. The third kappa shape index (κ3) is 4.74. The number of carbonyl (C=O) groups excluding carboxylic acids is 2. The van der Waals surface area contributed by atoms with Crippen LogP contribution in [0.5, 0.6) is 5.75 Å². The summed E-state index contributed by atoms with van der Waals surface area (Å²) in [6, 6.07) is 21.1. The van der Waals surface area contributed by atoms with Crippen LogP contribution in [0.4, 0.5) is 5.69 Å². The maximum absolute atomic E-state index is 12.8. The van der Waals surface area contributed by atoms with Gasteiger partial charge in [-0.1, -0.05) is 60.1 Å². The number of carbonyl (C=O) groups is 2. The minimum absolute atomic E-state index is 0.160. The molecule has 4 nitrogen and oxygen atoms in total. The zero-order valence-electron chi connectivity index (χ0n) is 14.7. The third-order valence-electron chi connectivity index (χ3n) is 3.99. The van der Waals surface area contributed by atoms with Crippen molar-refractivity contribution in [1.82, 2.24) is 0 Å². The van der Waals surface area contributed by atoms with Crippen LogP contribution in [-0.2, 0) is 4.79 Å². The molecule has 0 unspecified atom stereocenters. The number of rotatable bonds is 6. The maximum atomic E-state index is 12.8. The van der Waals surface area contributed by atoms with E-state index in [1.807, 2.05) is 31.2 Å². The first-order valence-corrected chi connectivity index (χ1v) is 8.80. The molecule has 0 aliphatic heterocycles. The number of nitrogens with one attached hydrogen (secondary N) is 1. The Bertz CT molecular complexity index is 970. The van der Waals surface area contributed by atoms with E-state index in [1.54, 1.807) is 48.5 Å². The average molecular weight is 380 g/mol. The highest BCUT2D eigenvalue weighted by atomic mass is 35.5. The van der Waals surface area contributed by atoms with Gasteiger partial charge in [0.15, 0.2) is 12.4 Å². The van der Waals surface area contributed by atoms with Gasteiger partial charge in [-0.15, -0.1) is 0 Å². The number of benzene rings is 3. The van der Waals surface area contributed by atoms with E-state index < -0.39 is 0 Å². The molecule has 0 aromatic heterocycles. The van der Waals surface area contributed by atoms with E-state index in [0.29, 0.717) is 27.6 Å². The number of amides is 1. The summed E-state index contributed by atoms with van der Waals surface area (Å²) < 4.78 is 5.56. The fourth-order valence-corrected chi connectivity index (χ4v) is 2.78. The van der Waals surface area contributed by atoms with Gasteiger partial charge in [-0.25, -0.2) is 0 Å². The van der Waals surface area contributed by atoms with Gasteiger partial charge in [-0.2, -0.15) is 0 Å². The smallest absolute Gasteiger partial charge is 0.262 e. The van der Waals surface area contributed by atoms with Crippen molar-refractivity contribution in [3.8, 4) is 5.75 Å². The lowest BCUT2D eigenvalue weighted by atomic mass is 10.0. The van der Waals surface area contributed by atoms with E-state index in [0.717, 1.165) is 5.56 Å². The fourth-order valence-electron chi connectivity index (χ4n) is 2.61. The second kappa shape index (κ2) is 8.52. The Morgan fingerprint density at radius 3 is 2.41 bits per heavy atom. The molecule has 0 fully saturated rings. The Morgan fingerprint density at radius 2 is 1.67 bits per heavy atom. The summed E-state index contributed by atoms with van der Waals surface area (Å²) >= 11 is 6.05. The number of hydrogen-bond donors (Lipinski definition) is 1. The maximum Gasteiger partial charge on any atom is 0.262 e. The first-order chi connectivity index (χ1) is 13.0. The predicted molar refractivity (Wildman–Crippen MR) is 107 cm³/mol. The van der Waals surface area contributed by atoms with Crippen molar-refractivity contribution in [3.63, 3.8) is 0 Å². The summed E-state index contributed by atoms with van der Waals surface area (Å²) in [6.07, 6.45) is 0. The van der Waals surface area contributed by atoms with Crippen LogP contribution in [0, 0.1) is 6.92 Å². The summed E-state index contributed by atoms with van der Waals surface area (Å²) in [5.74, 6) is 0.0697. The molecule has 3 aromatic rings. The van der Waals surface area contributed by atoms with Crippen LogP contribution in [0.3, 0.4) is 0 Å². The number of ketones is 1. The number of anilines is 1.